The van der Waals surface area contributed by atoms with Gasteiger partial charge in [-0.2, -0.15) is 0 Å². The standard InChI is InChI=1S/C19H18ClN3O2S/c1-2-10-22(12-14-7-8-17(20)26-14)18(24)9-11-23-13-21-16-6-4-3-5-15(16)19(23)25/h2-8,13H,1,9-12H2. The van der Waals surface area contributed by atoms with E-state index in [2.05, 4.69) is 11.6 Å². The predicted molar refractivity (Wildman–Crippen MR) is 106 cm³/mol. The van der Waals surface area contributed by atoms with Crippen LogP contribution in [0, 0.1) is 0 Å². The Labute approximate surface area is 160 Å². The number of hydrogen-bond donors (Lipinski definition) is 0. The van der Waals surface area contributed by atoms with Crippen molar-refractivity contribution in [3.05, 3.63) is 74.9 Å². The van der Waals surface area contributed by atoms with Gasteiger partial charge in [0.1, 0.15) is 0 Å². The van der Waals surface area contributed by atoms with Crippen LogP contribution in [0.25, 0.3) is 10.9 Å². The van der Waals surface area contributed by atoms with Gasteiger partial charge in [-0.05, 0) is 24.3 Å². The van der Waals surface area contributed by atoms with E-state index < -0.39 is 0 Å². The minimum absolute atomic E-state index is 0.0468. The maximum atomic E-state index is 12.6. The first-order valence-electron chi connectivity index (χ1n) is 8.15. The van der Waals surface area contributed by atoms with Crippen molar-refractivity contribution in [2.24, 2.45) is 0 Å². The average Bonchev–Trinajstić information content (AvgIpc) is 3.05. The number of para-hydroxylation sites is 1. The molecule has 0 unspecified atom stereocenters. The zero-order chi connectivity index (χ0) is 18.5. The molecular formula is C19H18ClN3O2S. The summed E-state index contributed by atoms with van der Waals surface area (Å²) in [5, 5.41) is 0.554. The molecule has 2 heterocycles. The third kappa shape index (κ3) is 4.20. The Morgan fingerprint density at radius 2 is 2.12 bits per heavy atom. The zero-order valence-electron chi connectivity index (χ0n) is 14.1. The summed E-state index contributed by atoms with van der Waals surface area (Å²) in [5.41, 5.74) is 0.520. The van der Waals surface area contributed by atoms with Crippen LogP contribution in [0.2, 0.25) is 4.34 Å². The van der Waals surface area contributed by atoms with Crippen LogP contribution in [-0.4, -0.2) is 26.9 Å². The molecule has 1 aromatic carbocycles. The summed E-state index contributed by atoms with van der Waals surface area (Å²) in [6, 6.07) is 10.9. The summed E-state index contributed by atoms with van der Waals surface area (Å²) in [6.45, 7) is 4.92. The second-order valence-corrected chi connectivity index (χ2v) is 7.58. The Hall–Kier alpha value is -2.44. The van der Waals surface area contributed by atoms with E-state index in [0.29, 0.717) is 28.3 Å². The molecule has 134 valence electrons. The van der Waals surface area contributed by atoms with Gasteiger partial charge in [0.05, 0.1) is 28.1 Å². The number of nitrogens with zero attached hydrogens (tertiary/aromatic N) is 3. The van der Waals surface area contributed by atoms with Crippen molar-refractivity contribution in [3.8, 4) is 0 Å². The minimum Gasteiger partial charge on any atom is -0.334 e. The number of benzene rings is 1. The number of fused-ring (bicyclic) bond motifs is 1. The van der Waals surface area contributed by atoms with Gasteiger partial charge in [-0.1, -0.05) is 29.8 Å². The van der Waals surface area contributed by atoms with Crippen molar-refractivity contribution in [3.63, 3.8) is 0 Å². The molecule has 0 spiro atoms. The number of rotatable bonds is 7. The molecule has 0 atom stereocenters. The third-order valence-corrected chi connectivity index (χ3v) is 5.19. The van der Waals surface area contributed by atoms with Gasteiger partial charge in [-0.15, -0.1) is 17.9 Å². The summed E-state index contributed by atoms with van der Waals surface area (Å²) < 4.78 is 2.17. The van der Waals surface area contributed by atoms with Crippen LogP contribution < -0.4 is 5.56 Å². The van der Waals surface area contributed by atoms with Gasteiger partial charge in [-0.25, -0.2) is 4.98 Å². The number of thiophene rings is 1. The lowest BCUT2D eigenvalue weighted by Gasteiger charge is -2.20. The van der Waals surface area contributed by atoms with E-state index in [9.17, 15) is 9.59 Å². The quantitative estimate of drug-likeness (QED) is 0.580. The van der Waals surface area contributed by atoms with Gasteiger partial charge >= 0.3 is 0 Å². The van der Waals surface area contributed by atoms with E-state index in [1.165, 1.54) is 22.2 Å². The van der Waals surface area contributed by atoms with E-state index in [-0.39, 0.29) is 24.4 Å². The highest BCUT2D eigenvalue weighted by atomic mass is 35.5. The molecule has 2 aromatic heterocycles. The molecule has 0 saturated heterocycles. The van der Waals surface area contributed by atoms with Crippen LogP contribution in [-0.2, 0) is 17.9 Å². The maximum Gasteiger partial charge on any atom is 0.261 e. The van der Waals surface area contributed by atoms with Gasteiger partial charge in [0.15, 0.2) is 0 Å². The number of amides is 1. The lowest BCUT2D eigenvalue weighted by molar-refractivity contribution is -0.131. The third-order valence-electron chi connectivity index (χ3n) is 3.98. The molecule has 5 nitrogen and oxygen atoms in total. The fourth-order valence-corrected chi connectivity index (χ4v) is 3.78. The topological polar surface area (TPSA) is 55.2 Å². The monoisotopic (exact) mass is 387 g/mol. The Morgan fingerprint density at radius 1 is 1.31 bits per heavy atom. The first kappa shape index (κ1) is 18.4. The highest BCUT2D eigenvalue weighted by molar-refractivity contribution is 7.16. The Balaban J connectivity index is 1.71. The molecule has 3 aromatic rings. The van der Waals surface area contributed by atoms with Crippen LogP contribution in [0.1, 0.15) is 11.3 Å². The summed E-state index contributed by atoms with van der Waals surface area (Å²) in [6.07, 6.45) is 3.40. The summed E-state index contributed by atoms with van der Waals surface area (Å²) in [7, 11) is 0. The number of aryl methyl sites for hydroxylation is 1. The van der Waals surface area contributed by atoms with Crippen molar-refractivity contribution in [2.75, 3.05) is 6.54 Å². The Kier molecular flexibility index (Phi) is 5.85. The molecule has 0 fully saturated rings. The van der Waals surface area contributed by atoms with Crippen LogP contribution in [0.3, 0.4) is 0 Å². The van der Waals surface area contributed by atoms with Gasteiger partial charge in [0.25, 0.3) is 5.56 Å². The highest BCUT2D eigenvalue weighted by Crippen LogP contribution is 2.23. The number of halogens is 1. The second kappa shape index (κ2) is 8.29. The van der Waals surface area contributed by atoms with E-state index >= 15 is 0 Å². The van der Waals surface area contributed by atoms with Crippen molar-refractivity contribution >= 4 is 39.7 Å². The largest absolute Gasteiger partial charge is 0.334 e. The molecule has 0 bridgehead atoms. The maximum absolute atomic E-state index is 12.6. The molecule has 0 N–H and O–H groups in total. The lowest BCUT2D eigenvalue weighted by Crippen LogP contribution is -2.32. The van der Waals surface area contributed by atoms with Crippen molar-refractivity contribution in [1.29, 1.82) is 0 Å². The van der Waals surface area contributed by atoms with Crippen LogP contribution in [0.15, 0.2) is 60.2 Å². The van der Waals surface area contributed by atoms with E-state index in [0.717, 1.165) is 4.88 Å². The molecule has 7 heteroatoms. The second-order valence-electron chi connectivity index (χ2n) is 5.78. The van der Waals surface area contributed by atoms with Crippen LogP contribution in [0.4, 0.5) is 0 Å². The van der Waals surface area contributed by atoms with Crippen molar-refractivity contribution in [1.82, 2.24) is 14.5 Å². The molecule has 0 saturated carbocycles. The SMILES string of the molecule is C=CCN(Cc1ccc(Cl)s1)C(=O)CCn1cnc2ccccc2c1=O. The number of hydrogen-bond acceptors (Lipinski definition) is 4. The first-order chi connectivity index (χ1) is 12.6. The van der Waals surface area contributed by atoms with Gasteiger partial charge in [0, 0.05) is 24.4 Å². The van der Waals surface area contributed by atoms with E-state index in [1.54, 1.807) is 29.2 Å². The molecule has 1 amide bonds. The molecule has 0 radical (unpaired) electrons. The summed E-state index contributed by atoms with van der Waals surface area (Å²) in [4.78, 5) is 32.1. The number of carbonyl (C=O) groups excluding carboxylic acids is 1. The van der Waals surface area contributed by atoms with Gasteiger partial charge in [0.2, 0.25) is 5.91 Å². The Morgan fingerprint density at radius 3 is 2.85 bits per heavy atom. The van der Waals surface area contributed by atoms with Crippen molar-refractivity contribution < 1.29 is 4.79 Å². The molecule has 0 aliphatic heterocycles. The molecule has 0 aliphatic carbocycles. The molecule has 26 heavy (non-hydrogen) atoms. The smallest absolute Gasteiger partial charge is 0.261 e. The van der Waals surface area contributed by atoms with Crippen LogP contribution >= 0.6 is 22.9 Å². The summed E-state index contributed by atoms with van der Waals surface area (Å²) in [5.74, 6) is -0.0468. The number of carbonyl (C=O) groups is 1. The fourth-order valence-electron chi connectivity index (χ4n) is 2.67. The van der Waals surface area contributed by atoms with Gasteiger partial charge in [-0.3, -0.25) is 14.2 Å². The highest BCUT2D eigenvalue weighted by Gasteiger charge is 2.14. The average molecular weight is 388 g/mol. The number of aromatic nitrogens is 2. The molecule has 0 aliphatic rings. The lowest BCUT2D eigenvalue weighted by atomic mass is 10.2. The van der Waals surface area contributed by atoms with Gasteiger partial charge < -0.3 is 4.90 Å². The first-order valence-corrected chi connectivity index (χ1v) is 9.35. The van der Waals surface area contributed by atoms with E-state index in [4.69, 9.17) is 11.6 Å². The minimum atomic E-state index is -0.135. The van der Waals surface area contributed by atoms with Crippen molar-refractivity contribution in [2.45, 2.75) is 19.5 Å². The predicted octanol–water partition coefficient (Wildman–Crippen LogP) is 3.72. The van der Waals surface area contributed by atoms with Crippen LogP contribution in [0.5, 0.6) is 0 Å². The van der Waals surface area contributed by atoms with E-state index in [1.807, 2.05) is 18.2 Å². The molecular weight excluding hydrogens is 370 g/mol. The molecule has 3 rings (SSSR count). The zero-order valence-corrected chi connectivity index (χ0v) is 15.7. The Bertz CT molecular complexity index is 996. The fraction of sp³-hybridized carbons (Fsp3) is 0.211. The summed E-state index contributed by atoms with van der Waals surface area (Å²) >= 11 is 7.41. The normalized spacial score (nSPS) is 10.8.